The maximum absolute atomic E-state index is 13.1. The number of thiophene rings is 1. The maximum atomic E-state index is 13.1. The monoisotopic (exact) mass is 429 g/mol. The number of aryl methyl sites for hydroxylation is 2. The highest BCUT2D eigenvalue weighted by molar-refractivity contribution is 7.17. The molecule has 29 heavy (non-hydrogen) atoms. The number of esters is 1. The molecule has 10 heteroatoms. The number of carbonyl (C=O) groups excluding carboxylic acids is 2. The van der Waals surface area contributed by atoms with Gasteiger partial charge in [0.05, 0.1) is 17.4 Å². The van der Waals surface area contributed by atoms with Gasteiger partial charge in [-0.1, -0.05) is 0 Å². The number of halogens is 3. The molecule has 2 heterocycles. The van der Waals surface area contributed by atoms with E-state index >= 15 is 0 Å². The maximum Gasteiger partial charge on any atom is 0.433 e. The Kier molecular flexibility index (Phi) is 6.02. The number of anilines is 1. The molecule has 1 aliphatic rings. The van der Waals surface area contributed by atoms with E-state index in [0.29, 0.717) is 21.7 Å². The van der Waals surface area contributed by atoms with Crippen molar-refractivity contribution >= 4 is 28.2 Å². The average Bonchev–Trinajstić information content (AvgIpc) is 3.13. The van der Waals surface area contributed by atoms with Crippen molar-refractivity contribution in [3.05, 3.63) is 33.5 Å². The van der Waals surface area contributed by atoms with Crippen LogP contribution < -0.4 is 5.32 Å². The van der Waals surface area contributed by atoms with Crippen molar-refractivity contribution in [3.63, 3.8) is 0 Å². The van der Waals surface area contributed by atoms with Gasteiger partial charge in [0.1, 0.15) is 17.2 Å². The molecule has 0 atom stereocenters. The number of amides is 1. The highest BCUT2D eigenvalue weighted by atomic mass is 32.1. The minimum atomic E-state index is -4.62. The largest absolute Gasteiger partial charge is 0.459 e. The zero-order valence-corrected chi connectivity index (χ0v) is 17.2. The number of aromatic nitrogens is 2. The van der Waals surface area contributed by atoms with Crippen molar-refractivity contribution in [2.45, 2.75) is 65.3 Å². The summed E-state index contributed by atoms with van der Waals surface area (Å²) in [7, 11) is 0. The average molecular weight is 429 g/mol. The summed E-state index contributed by atoms with van der Waals surface area (Å²) in [5, 5.41) is 6.70. The van der Waals surface area contributed by atoms with E-state index in [-0.39, 0.29) is 11.8 Å². The van der Waals surface area contributed by atoms with Crippen LogP contribution in [0, 0.1) is 6.92 Å². The van der Waals surface area contributed by atoms with Gasteiger partial charge in [-0.05, 0) is 58.1 Å². The van der Waals surface area contributed by atoms with E-state index in [1.807, 2.05) is 0 Å². The molecule has 0 fully saturated rings. The lowest BCUT2D eigenvalue weighted by Gasteiger charge is -2.14. The number of fused-ring (bicyclic) bond motifs is 1. The van der Waals surface area contributed by atoms with Crippen molar-refractivity contribution in [2.24, 2.45) is 0 Å². The second-order valence-electron chi connectivity index (χ2n) is 7.24. The first-order valence-corrected chi connectivity index (χ1v) is 10.1. The lowest BCUT2D eigenvalue weighted by Crippen LogP contribution is -2.24. The Morgan fingerprint density at radius 3 is 2.66 bits per heavy atom. The molecule has 1 aliphatic carbocycles. The van der Waals surface area contributed by atoms with E-state index in [9.17, 15) is 22.8 Å². The summed E-state index contributed by atoms with van der Waals surface area (Å²) in [5.41, 5.74) is 0.362. The Morgan fingerprint density at radius 2 is 2.00 bits per heavy atom. The molecule has 0 aromatic carbocycles. The minimum Gasteiger partial charge on any atom is -0.459 e. The molecular formula is C19H22F3N3O3S. The molecule has 1 amide bonds. The lowest BCUT2D eigenvalue weighted by molar-refractivity contribution is -0.144. The fourth-order valence-corrected chi connectivity index (χ4v) is 4.63. The van der Waals surface area contributed by atoms with Gasteiger partial charge < -0.3 is 10.1 Å². The van der Waals surface area contributed by atoms with Crippen molar-refractivity contribution in [2.75, 3.05) is 5.32 Å². The number of carbonyl (C=O) groups is 2. The summed E-state index contributed by atoms with van der Waals surface area (Å²) in [6.07, 6.45) is -1.52. The molecule has 0 aliphatic heterocycles. The van der Waals surface area contributed by atoms with Gasteiger partial charge >= 0.3 is 12.1 Å². The topological polar surface area (TPSA) is 73.2 Å². The summed E-state index contributed by atoms with van der Waals surface area (Å²) in [4.78, 5) is 26.1. The van der Waals surface area contributed by atoms with E-state index < -0.39 is 30.3 Å². The smallest absolute Gasteiger partial charge is 0.433 e. The number of hydrogen-bond donors (Lipinski definition) is 1. The lowest BCUT2D eigenvalue weighted by atomic mass is 9.95. The highest BCUT2D eigenvalue weighted by Gasteiger charge is 2.36. The third-order valence-corrected chi connectivity index (χ3v) is 5.66. The first-order chi connectivity index (χ1) is 13.6. The molecule has 1 N–H and O–H groups in total. The molecule has 2 aromatic rings. The van der Waals surface area contributed by atoms with Crippen LogP contribution in [0.5, 0.6) is 0 Å². The van der Waals surface area contributed by atoms with Crippen LogP contribution in [0.1, 0.15) is 58.9 Å². The van der Waals surface area contributed by atoms with Crippen LogP contribution in [-0.2, 0) is 35.1 Å². The fourth-order valence-electron chi connectivity index (χ4n) is 3.34. The zero-order chi connectivity index (χ0) is 21.3. The van der Waals surface area contributed by atoms with E-state index in [0.717, 1.165) is 35.8 Å². The number of hydrogen-bond acceptors (Lipinski definition) is 5. The molecular weight excluding hydrogens is 407 g/mol. The van der Waals surface area contributed by atoms with Crippen molar-refractivity contribution in [3.8, 4) is 0 Å². The van der Waals surface area contributed by atoms with E-state index in [1.54, 1.807) is 13.8 Å². The summed E-state index contributed by atoms with van der Waals surface area (Å²) >= 11 is 1.29. The number of rotatable bonds is 5. The Balaban J connectivity index is 1.86. The van der Waals surface area contributed by atoms with Gasteiger partial charge in [0.2, 0.25) is 5.91 Å². The standard InChI is InChI=1S/C19H22F3N3O3S/c1-10(2)28-18(27)16-12-6-4-5-7-13(12)29-17(16)23-15(26)9-25-14(19(20,21)22)8-11(3)24-25/h8,10H,4-7,9H2,1-3H3,(H,23,26). The fraction of sp³-hybridized carbons (Fsp3) is 0.526. The molecule has 3 rings (SSSR count). The van der Waals surface area contributed by atoms with Crippen molar-refractivity contribution < 1.29 is 27.5 Å². The zero-order valence-electron chi connectivity index (χ0n) is 16.4. The SMILES string of the molecule is Cc1cc(C(F)(F)F)n(CC(=O)Nc2sc3c(c2C(=O)OC(C)C)CCCC3)n1. The second kappa shape index (κ2) is 8.17. The van der Waals surface area contributed by atoms with Gasteiger partial charge in [-0.15, -0.1) is 11.3 Å². The first kappa shape index (κ1) is 21.4. The third kappa shape index (κ3) is 4.80. The van der Waals surface area contributed by atoms with Crippen LogP contribution in [-0.4, -0.2) is 27.8 Å². The number of nitrogens with one attached hydrogen (secondary N) is 1. The summed E-state index contributed by atoms with van der Waals surface area (Å²) in [5.74, 6) is -1.21. The Bertz CT molecular complexity index is 931. The molecule has 2 aromatic heterocycles. The van der Waals surface area contributed by atoms with Gasteiger partial charge in [-0.3, -0.25) is 9.48 Å². The van der Waals surface area contributed by atoms with Gasteiger partial charge in [0.25, 0.3) is 0 Å². The van der Waals surface area contributed by atoms with Crippen LogP contribution >= 0.6 is 11.3 Å². The van der Waals surface area contributed by atoms with Gasteiger partial charge in [0, 0.05) is 4.88 Å². The molecule has 6 nitrogen and oxygen atoms in total. The predicted molar refractivity (Wildman–Crippen MR) is 102 cm³/mol. The quantitative estimate of drug-likeness (QED) is 0.717. The van der Waals surface area contributed by atoms with Crippen molar-refractivity contribution in [1.82, 2.24) is 9.78 Å². The van der Waals surface area contributed by atoms with Crippen LogP contribution in [0.15, 0.2) is 6.07 Å². The van der Waals surface area contributed by atoms with E-state index in [2.05, 4.69) is 10.4 Å². The molecule has 0 saturated carbocycles. The number of ether oxygens (including phenoxy) is 1. The molecule has 0 radical (unpaired) electrons. The van der Waals surface area contributed by atoms with E-state index in [1.165, 1.54) is 18.3 Å². The Hall–Kier alpha value is -2.36. The first-order valence-electron chi connectivity index (χ1n) is 9.33. The molecule has 0 saturated heterocycles. The van der Waals surface area contributed by atoms with Gasteiger partial charge in [-0.25, -0.2) is 4.79 Å². The minimum absolute atomic E-state index is 0.165. The van der Waals surface area contributed by atoms with Gasteiger partial charge in [0.15, 0.2) is 0 Å². The van der Waals surface area contributed by atoms with Crippen LogP contribution in [0.25, 0.3) is 0 Å². The van der Waals surface area contributed by atoms with Crippen molar-refractivity contribution in [1.29, 1.82) is 0 Å². The normalized spacial score (nSPS) is 14.0. The number of nitrogens with zero attached hydrogens (tertiary/aromatic N) is 2. The Morgan fingerprint density at radius 1 is 1.31 bits per heavy atom. The number of alkyl halides is 3. The molecule has 0 unspecified atom stereocenters. The summed E-state index contributed by atoms with van der Waals surface area (Å²) in [6.45, 7) is 4.28. The Labute approximate surface area is 170 Å². The van der Waals surface area contributed by atoms with Gasteiger partial charge in [-0.2, -0.15) is 18.3 Å². The predicted octanol–water partition coefficient (Wildman–Crippen LogP) is 4.35. The van der Waals surface area contributed by atoms with Crippen LogP contribution in [0.3, 0.4) is 0 Å². The van der Waals surface area contributed by atoms with E-state index in [4.69, 9.17) is 4.74 Å². The third-order valence-electron chi connectivity index (χ3n) is 4.46. The summed E-state index contributed by atoms with van der Waals surface area (Å²) < 4.78 is 45.3. The second-order valence-corrected chi connectivity index (χ2v) is 8.35. The highest BCUT2D eigenvalue weighted by Crippen LogP contribution is 2.39. The summed E-state index contributed by atoms with van der Waals surface area (Å²) in [6, 6.07) is 0.891. The molecule has 0 bridgehead atoms. The molecule has 0 spiro atoms. The van der Waals surface area contributed by atoms with Crippen LogP contribution in [0.2, 0.25) is 0 Å². The molecule has 158 valence electrons. The van der Waals surface area contributed by atoms with Crippen LogP contribution in [0.4, 0.5) is 18.2 Å².